The predicted molar refractivity (Wildman–Crippen MR) is 86.2 cm³/mol. The Bertz CT molecular complexity index is 584. The number of hydrogen-bond donors (Lipinski definition) is 0. The summed E-state index contributed by atoms with van der Waals surface area (Å²) >= 11 is 0. The predicted octanol–water partition coefficient (Wildman–Crippen LogP) is 3.89. The van der Waals surface area contributed by atoms with Crippen molar-refractivity contribution in [3.8, 4) is 11.8 Å². The number of para-hydroxylation sites is 1. The first kappa shape index (κ1) is 17.5. The van der Waals surface area contributed by atoms with Crippen LogP contribution in [0.15, 0.2) is 42.5 Å². The third-order valence-electron chi connectivity index (χ3n) is 2.96. The molecule has 1 atom stereocenters. The summed E-state index contributed by atoms with van der Waals surface area (Å²) in [7, 11) is 0. The summed E-state index contributed by atoms with van der Waals surface area (Å²) in [5.41, 5.74) is 1.15. The van der Waals surface area contributed by atoms with Gasteiger partial charge in [0.1, 0.15) is 11.9 Å². The van der Waals surface area contributed by atoms with E-state index in [0.29, 0.717) is 24.4 Å². The molecule has 0 bridgehead atoms. The monoisotopic (exact) mass is 299 g/mol. The highest BCUT2D eigenvalue weighted by Gasteiger charge is 2.14. The molecule has 22 heavy (non-hydrogen) atoms. The van der Waals surface area contributed by atoms with Crippen molar-refractivity contribution in [2.45, 2.75) is 32.8 Å². The Balaban J connectivity index is 2.93. The lowest BCUT2D eigenvalue weighted by atomic mass is 10.1. The Kier molecular flexibility index (Phi) is 7.49. The molecule has 0 spiro atoms. The van der Waals surface area contributed by atoms with Gasteiger partial charge in [-0.25, -0.2) is 4.79 Å². The second-order valence-corrected chi connectivity index (χ2v) is 4.66. The largest absolute Gasteiger partial charge is 0.484 e. The molecule has 1 rings (SSSR count). The second-order valence-electron chi connectivity index (χ2n) is 4.66. The van der Waals surface area contributed by atoms with Gasteiger partial charge in [0.25, 0.3) is 0 Å². The summed E-state index contributed by atoms with van der Waals surface area (Å²) in [5.74, 6) is 0.210. The minimum absolute atomic E-state index is 0.335. The van der Waals surface area contributed by atoms with Gasteiger partial charge in [-0.3, -0.25) is 0 Å². The van der Waals surface area contributed by atoms with Gasteiger partial charge >= 0.3 is 5.97 Å². The van der Waals surface area contributed by atoms with Crippen molar-refractivity contribution in [2.24, 2.45) is 0 Å². The molecule has 1 aromatic carbocycles. The standard InChI is InChI=1S/C18H21NO3/c1-4-8-16(14(3)13-19)22-17-10-7-6-9-15(17)11-12-18(20)21-5-2/h6-7,9-12,16H,3-5,8H2,1-2H3/b12-11+/t16-/m0/s1. The van der Waals surface area contributed by atoms with Crippen LogP contribution in [0.5, 0.6) is 5.75 Å². The fourth-order valence-electron chi connectivity index (χ4n) is 1.87. The topological polar surface area (TPSA) is 59.3 Å². The summed E-state index contributed by atoms with van der Waals surface area (Å²) in [5, 5.41) is 9.01. The van der Waals surface area contributed by atoms with Crippen molar-refractivity contribution in [1.82, 2.24) is 0 Å². The van der Waals surface area contributed by atoms with Crippen LogP contribution in [0.4, 0.5) is 0 Å². The zero-order chi connectivity index (χ0) is 16.4. The van der Waals surface area contributed by atoms with E-state index in [4.69, 9.17) is 14.7 Å². The molecule has 0 amide bonds. The Morgan fingerprint density at radius 1 is 1.41 bits per heavy atom. The van der Waals surface area contributed by atoms with E-state index in [2.05, 4.69) is 6.58 Å². The van der Waals surface area contributed by atoms with Crippen LogP contribution in [-0.4, -0.2) is 18.7 Å². The summed E-state index contributed by atoms with van der Waals surface area (Å²) < 4.78 is 10.8. The van der Waals surface area contributed by atoms with Crippen LogP contribution >= 0.6 is 0 Å². The molecular weight excluding hydrogens is 278 g/mol. The molecule has 0 aliphatic rings. The van der Waals surface area contributed by atoms with Gasteiger partial charge in [-0.15, -0.1) is 0 Å². The first-order chi connectivity index (χ1) is 10.6. The molecular formula is C18H21NO3. The maximum absolute atomic E-state index is 11.4. The lowest BCUT2D eigenvalue weighted by Crippen LogP contribution is -2.18. The molecule has 4 heteroatoms. The Morgan fingerprint density at radius 3 is 2.77 bits per heavy atom. The molecule has 0 saturated carbocycles. The third-order valence-corrected chi connectivity index (χ3v) is 2.96. The van der Waals surface area contributed by atoms with Crippen LogP contribution in [0.3, 0.4) is 0 Å². The zero-order valence-corrected chi connectivity index (χ0v) is 13.0. The molecule has 0 saturated heterocycles. The lowest BCUT2D eigenvalue weighted by molar-refractivity contribution is -0.137. The molecule has 116 valence electrons. The van der Waals surface area contributed by atoms with Crippen molar-refractivity contribution >= 4 is 12.0 Å². The van der Waals surface area contributed by atoms with Crippen LogP contribution in [0.2, 0.25) is 0 Å². The number of benzene rings is 1. The average Bonchev–Trinajstić information content (AvgIpc) is 2.53. The molecule has 0 aliphatic heterocycles. The van der Waals surface area contributed by atoms with Gasteiger partial charge in [0.05, 0.1) is 18.2 Å². The summed E-state index contributed by atoms with van der Waals surface area (Å²) in [6, 6.07) is 9.38. The van der Waals surface area contributed by atoms with Gasteiger partial charge in [0.15, 0.2) is 0 Å². The van der Waals surface area contributed by atoms with Gasteiger partial charge in [0, 0.05) is 11.6 Å². The summed E-state index contributed by atoms with van der Waals surface area (Å²) in [6.07, 6.45) is 4.24. The van der Waals surface area contributed by atoms with E-state index in [0.717, 1.165) is 12.0 Å². The number of rotatable bonds is 8. The Labute approximate surface area is 131 Å². The fraction of sp³-hybridized carbons (Fsp3) is 0.333. The fourth-order valence-corrected chi connectivity index (χ4v) is 1.87. The molecule has 0 radical (unpaired) electrons. The molecule has 1 aromatic rings. The SMILES string of the molecule is C=C(C#N)[C@H](CCC)Oc1ccccc1/C=C/C(=O)OCC. The van der Waals surface area contributed by atoms with Gasteiger partial charge in [0.2, 0.25) is 0 Å². The highest BCUT2D eigenvalue weighted by molar-refractivity contribution is 5.87. The number of nitriles is 1. The molecule has 4 nitrogen and oxygen atoms in total. The first-order valence-electron chi connectivity index (χ1n) is 7.31. The Morgan fingerprint density at radius 2 is 2.14 bits per heavy atom. The summed E-state index contributed by atoms with van der Waals surface area (Å²) in [6.45, 7) is 7.85. The van der Waals surface area contributed by atoms with Crippen molar-refractivity contribution in [1.29, 1.82) is 5.26 Å². The Hall–Kier alpha value is -2.54. The second kappa shape index (κ2) is 9.41. The van der Waals surface area contributed by atoms with E-state index < -0.39 is 5.97 Å². The molecule has 0 unspecified atom stereocenters. The number of esters is 1. The summed E-state index contributed by atoms with van der Waals surface area (Å²) in [4.78, 5) is 11.4. The highest BCUT2D eigenvalue weighted by atomic mass is 16.5. The lowest BCUT2D eigenvalue weighted by Gasteiger charge is -2.18. The van der Waals surface area contributed by atoms with Crippen molar-refractivity contribution in [3.63, 3.8) is 0 Å². The molecule has 0 N–H and O–H groups in total. The van der Waals surface area contributed by atoms with E-state index in [-0.39, 0.29) is 6.10 Å². The molecule has 0 aliphatic carbocycles. The van der Waals surface area contributed by atoms with Crippen molar-refractivity contribution in [2.75, 3.05) is 6.61 Å². The number of nitrogens with zero attached hydrogens (tertiary/aromatic N) is 1. The van der Waals surface area contributed by atoms with Crippen LogP contribution in [0.1, 0.15) is 32.3 Å². The van der Waals surface area contributed by atoms with Crippen molar-refractivity contribution in [3.05, 3.63) is 48.1 Å². The van der Waals surface area contributed by atoms with Gasteiger partial charge in [-0.2, -0.15) is 5.26 Å². The number of hydrogen-bond acceptors (Lipinski definition) is 4. The van der Waals surface area contributed by atoms with Gasteiger partial charge in [-0.1, -0.05) is 38.1 Å². The highest BCUT2D eigenvalue weighted by Crippen LogP contribution is 2.24. The normalized spacial score (nSPS) is 11.7. The quantitative estimate of drug-likeness (QED) is 0.415. The number of carbonyl (C=O) groups excluding carboxylic acids is 1. The van der Waals surface area contributed by atoms with Crippen LogP contribution in [0.25, 0.3) is 6.08 Å². The number of ether oxygens (including phenoxy) is 2. The van der Waals surface area contributed by atoms with E-state index >= 15 is 0 Å². The first-order valence-corrected chi connectivity index (χ1v) is 7.31. The molecule has 0 fully saturated rings. The molecule has 0 aromatic heterocycles. The maximum atomic E-state index is 11.4. The van der Waals surface area contributed by atoms with Gasteiger partial charge < -0.3 is 9.47 Å². The third kappa shape index (κ3) is 5.45. The number of carbonyl (C=O) groups is 1. The van der Waals surface area contributed by atoms with Crippen LogP contribution < -0.4 is 4.74 Å². The maximum Gasteiger partial charge on any atom is 0.330 e. The van der Waals surface area contributed by atoms with Crippen LogP contribution in [-0.2, 0) is 9.53 Å². The van der Waals surface area contributed by atoms with E-state index in [1.807, 2.05) is 31.2 Å². The van der Waals surface area contributed by atoms with Crippen molar-refractivity contribution < 1.29 is 14.3 Å². The van der Waals surface area contributed by atoms with Gasteiger partial charge in [-0.05, 0) is 25.5 Å². The van der Waals surface area contributed by atoms with E-state index in [1.54, 1.807) is 19.1 Å². The van der Waals surface area contributed by atoms with Crippen LogP contribution in [0, 0.1) is 11.3 Å². The minimum atomic E-state index is -0.399. The smallest absolute Gasteiger partial charge is 0.330 e. The molecule has 0 heterocycles. The average molecular weight is 299 g/mol. The minimum Gasteiger partial charge on any atom is -0.484 e. The van der Waals surface area contributed by atoms with E-state index in [9.17, 15) is 4.79 Å². The van der Waals surface area contributed by atoms with E-state index in [1.165, 1.54) is 6.08 Å². The zero-order valence-electron chi connectivity index (χ0n) is 13.0.